The molecule has 0 saturated carbocycles. The third kappa shape index (κ3) is 2.85. The van der Waals surface area contributed by atoms with Crippen molar-refractivity contribution in [1.29, 1.82) is 0 Å². The highest BCUT2D eigenvalue weighted by atomic mass is 35.5. The van der Waals surface area contributed by atoms with Gasteiger partial charge in [0.05, 0.1) is 5.69 Å². The summed E-state index contributed by atoms with van der Waals surface area (Å²) in [6.07, 6.45) is 2.55. The van der Waals surface area contributed by atoms with Crippen LogP contribution in [0.5, 0.6) is 0 Å². The molecule has 2 heterocycles. The van der Waals surface area contributed by atoms with Crippen molar-refractivity contribution in [3.63, 3.8) is 0 Å². The molecule has 23 heavy (non-hydrogen) atoms. The fourth-order valence-corrected chi connectivity index (χ4v) is 2.67. The summed E-state index contributed by atoms with van der Waals surface area (Å²) < 4.78 is 2.01. The van der Waals surface area contributed by atoms with Crippen LogP contribution in [0.2, 0.25) is 5.15 Å². The molecule has 0 fully saturated rings. The number of nitrogens with two attached hydrogens (primary N) is 1. The van der Waals surface area contributed by atoms with Crippen LogP contribution in [0, 0.1) is 0 Å². The lowest BCUT2D eigenvalue weighted by molar-refractivity contribution is 0.0996. The van der Waals surface area contributed by atoms with Crippen molar-refractivity contribution in [2.45, 2.75) is 13.3 Å². The predicted molar refractivity (Wildman–Crippen MR) is 91.1 cm³/mol. The molecule has 7 heteroatoms. The van der Waals surface area contributed by atoms with E-state index < -0.39 is 5.91 Å². The van der Waals surface area contributed by atoms with Crippen molar-refractivity contribution in [3.05, 3.63) is 47.0 Å². The number of benzene rings is 1. The average molecular weight is 330 g/mol. The van der Waals surface area contributed by atoms with Crippen LogP contribution in [0.4, 0.5) is 11.5 Å². The van der Waals surface area contributed by atoms with E-state index in [0.717, 1.165) is 16.6 Å². The van der Waals surface area contributed by atoms with Gasteiger partial charge in [0.2, 0.25) is 0 Å². The molecule has 1 amide bonds. The Labute approximate surface area is 138 Å². The Kier molecular flexibility index (Phi) is 3.92. The molecule has 0 aliphatic rings. The second-order valence-corrected chi connectivity index (χ2v) is 5.56. The quantitative estimate of drug-likeness (QED) is 0.770. The Hall–Kier alpha value is -2.60. The second-order valence-electron chi connectivity index (χ2n) is 5.20. The smallest absolute Gasteiger partial charge is 0.271 e. The molecule has 0 unspecified atom stereocenters. The van der Waals surface area contributed by atoms with Gasteiger partial charge in [-0.2, -0.15) is 0 Å². The van der Waals surface area contributed by atoms with E-state index in [4.69, 9.17) is 17.3 Å². The van der Waals surface area contributed by atoms with Crippen molar-refractivity contribution in [2.75, 3.05) is 5.32 Å². The molecular weight excluding hydrogens is 314 g/mol. The summed E-state index contributed by atoms with van der Waals surface area (Å²) >= 11 is 6.11. The number of hydrogen-bond acceptors (Lipinski definition) is 4. The number of aryl methyl sites for hydroxylation is 2. The fraction of sp³-hybridized carbons (Fsp3) is 0.188. The molecule has 0 aliphatic heterocycles. The first-order valence-electron chi connectivity index (χ1n) is 7.18. The molecule has 6 nitrogen and oxygen atoms in total. The van der Waals surface area contributed by atoms with Crippen molar-refractivity contribution in [1.82, 2.24) is 14.5 Å². The number of hydrogen-bond donors (Lipinski definition) is 2. The minimum Gasteiger partial charge on any atom is -0.364 e. The van der Waals surface area contributed by atoms with Crippen molar-refractivity contribution >= 4 is 39.9 Å². The van der Waals surface area contributed by atoms with E-state index >= 15 is 0 Å². The summed E-state index contributed by atoms with van der Waals surface area (Å²) in [7, 11) is 1.97. The maximum atomic E-state index is 11.6. The molecule has 118 valence electrons. The van der Waals surface area contributed by atoms with Gasteiger partial charge in [-0.25, -0.2) is 9.97 Å². The molecule has 2 aromatic heterocycles. The van der Waals surface area contributed by atoms with E-state index in [1.165, 1.54) is 0 Å². The first-order valence-corrected chi connectivity index (χ1v) is 7.55. The Morgan fingerprint density at radius 3 is 2.83 bits per heavy atom. The van der Waals surface area contributed by atoms with Gasteiger partial charge in [-0.1, -0.05) is 24.6 Å². The summed E-state index contributed by atoms with van der Waals surface area (Å²) in [5, 5.41) is 4.47. The number of rotatable bonds is 4. The summed E-state index contributed by atoms with van der Waals surface area (Å²) in [6, 6.07) is 7.87. The van der Waals surface area contributed by atoms with Gasteiger partial charge in [-0.3, -0.25) is 4.79 Å². The number of anilines is 2. The number of primary amides is 1. The first-order chi connectivity index (χ1) is 11.0. The molecule has 0 bridgehead atoms. The maximum absolute atomic E-state index is 11.6. The van der Waals surface area contributed by atoms with Gasteiger partial charge >= 0.3 is 0 Å². The molecule has 0 radical (unpaired) electrons. The second kappa shape index (κ2) is 5.89. The van der Waals surface area contributed by atoms with E-state index in [1.54, 1.807) is 0 Å². The Morgan fingerprint density at radius 1 is 1.35 bits per heavy atom. The topological polar surface area (TPSA) is 85.8 Å². The van der Waals surface area contributed by atoms with E-state index in [2.05, 4.69) is 15.3 Å². The van der Waals surface area contributed by atoms with Crippen LogP contribution in [0.15, 0.2) is 30.5 Å². The van der Waals surface area contributed by atoms with Gasteiger partial charge in [0.25, 0.3) is 5.91 Å². The molecule has 3 aromatic rings. The summed E-state index contributed by atoms with van der Waals surface area (Å²) in [4.78, 5) is 20.1. The van der Waals surface area contributed by atoms with Crippen molar-refractivity contribution in [3.8, 4) is 0 Å². The highest BCUT2D eigenvalue weighted by molar-refractivity contribution is 6.30. The van der Waals surface area contributed by atoms with Crippen molar-refractivity contribution < 1.29 is 4.79 Å². The Morgan fingerprint density at radius 2 is 2.13 bits per heavy atom. The molecule has 3 N–H and O–H groups in total. The first kappa shape index (κ1) is 15.3. The zero-order chi connectivity index (χ0) is 16.6. The average Bonchev–Trinajstić information content (AvgIpc) is 2.88. The molecule has 0 aliphatic carbocycles. The number of aromatic nitrogens is 3. The lowest BCUT2D eigenvalue weighted by Crippen LogP contribution is -2.18. The van der Waals surface area contributed by atoms with E-state index in [-0.39, 0.29) is 16.7 Å². The van der Waals surface area contributed by atoms with Gasteiger partial charge in [0, 0.05) is 24.4 Å². The van der Waals surface area contributed by atoms with E-state index in [0.29, 0.717) is 12.1 Å². The summed E-state index contributed by atoms with van der Waals surface area (Å²) in [5.74, 6) is -0.389. The normalized spacial score (nSPS) is 10.9. The minimum atomic E-state index is -0.647. The zero-order valence-electron chi connectivity index (χ0n) is 12.8. The van der Waals surface area contributed by atoms with Gasteiger partial charge < -0.3 is 15.6 Å². The molecule has 0 spiro atoms. The lowest BCUT2D eigenvalue weighted by atomic mass is 10.2. The van der Waals surface area contributed by atoms with Crippen LogP contribution >= 0.6 is 11.6 Å². The van der Waals surface area contributed by atoms with Crippen LogP contribution in [-0.4, -0.2) is 20.4 Å². The standard InChI is InChI=1S/C16H16ClN5O/c1-3-11-14(17)21-16(13(20-11)15(18)23)19-10-5-4-9-6-7-22(2)12(9)8-10/h4-8H,3H2,1-2H3,(H2,18,23)(H,19,21). The van der Waals surface area contributed by atoms with E-state index in [1.807, 2.05) is 49.0 Å². The Bertz CT molecular complexity index is 903. The maximum Gasteiger partial charge on any atom is 0.271 e. The molecule has 0 saturated heterocycles. The fourth-order valence-electron chi connectivity index (χ4n) is 2.41. The number of nitrogens with one attached hydrogen (secondary N) is 1. The highest BCUT2D eigenvalue weighted by Crippen LogP contribution is 2.25. The molecular formula is C16H16ClN5O. The SMILES string of the molecule is CCc1nc(C(N)=O)c(Nc2ccc3ccn(C)c3c2)nc1Cl. The molecule has 1 aromatic carbocycles. The van der Waals surface area contributed by atoms with Gasteiger partial charge in [0.15, 0.2) is 16.7 Å². The number of nitrogens with zero attached hydrogens (tertiary/aromatic N) is 3. The van der Waals surface area contributed by atoms with Crippen LogP contribution in [0.3, 0.4) is 0 Å². The zero-order valence-corrected chi connectivity index (χ0v) is 13.6. The third-order valence-corrected chi connectivity index (χ3v) is 3.94. The minimum absolute atomic E-state index is 0.0817. The Balaban J connectivity index is 2.05. The number of carbonyl (C=O) groups excluding carboxylic acids is 1. The summed E-state index contributed by atoms with van der Waals surface area (Å²) in [5.41, 5.74) is 7.87. The monoisotopic (exact) mass is 329 g/mol. The molecule has 0 atom stereocenters. The van der Waals surface area contributed by atoms with Crippen LogP contribution in [-0.2, 0) is 13.5 Å². The molecule has 3 rings (SSSR count). The van der Waals surface area contributed by atoms with Gasteiger partial charge in [0.1, 0.15) is 0 Å². The van der Waals surface area contributed by atoms with E-state index in [9.17, 15) is 4.79 Å². The lowest BCUT2D eigenvalue weighted by Gasteiger charge is -2.11. The van der Waals surface area contributed by atoms with Crippen LogP contribution in [0.25, 0.3) is 10.9 Å². The number of fused-ring (bicyclic) bond motifs is 1. The number of halogens is 1. The van der Waals surface area contributed by atoms with Crippen LogP contribution < -0.4 is 11.1 Å². The van der Waals surface area contributed by atoms with Gasteiger partial charge in [-0.05, 0) is 30.0 Å². The largest absolute Gasteiger partial charge is 0.364 e. The van der Waals surface area contributed by atoms with Crippen molar-refractivity contribution in [2.24, 2.45) is 12.8 Å². The highest BCUT2D eigenvalue weighted by Gasteiger charge is 2.16. The predicted octanol–water partition coefficient (Wildman–Crippen LogP) is 3.03. The summed E-state index contributed by atoms with van der Waals surface area (Å²) in [6.45, 7) is 1.89. The number of carbonyl (C=O) groups is 1. The van der Waals surface area contributed by atoms with Gasteiger partial charge in [-0.15, -0.1) is 0 Å². The third-order valence-electron chi connectivity index (χ3n) is 3.64. The number of amides is 1. The van der Waals surface area contributed by atoms with Crippen LogP contribution in [0.1, 0.15) is 23.1 Å².